The Morgan fingerprint density at radius 3 is 2.48 bits per heavy atom. The van der Waals surface area contributed by atoms with Crippen molar-refractivity contribution in [1.82, 2.24) is 5.32 Å². The minimum atomic E-state index is -1.37. The summed E-state index contributed by atoms with van der Waals surface area (Å²) in [6.07, 6.45) is -2.29. The fraction of sp³-hybridized carbons (Fsp3) is 0.385. The fourth-order valence-corrected chi connectivity index (χ4v) is 2.27. The van der Waals surface area contributed by atoms with E-state index in [1.54, 1.807) is 0 Å². The maximum atomic E-state index is 14.0. The summed E-state index contributed by atoms with van der Waals surface area (Å²) in [5.74, 6) is -2.66. The molecular weight excluding hydrogens is 286 g/mol. The smallest absolute Gasteiger partial charge is 0.405 e. The van der Waals surface area contributed by atoms with Crippen LogP contribution in [-0.2, 0) is 4.79 Å². The molecule has 1 aromatic carbocycles. The van der Waals surface area contributed by atoms with Crippen LogP contribution >= 0.6 is 0 Å². The lowest BCUT2D eigenvalue weighted by Gasteiger charge is -2.19. The normalized spacial score (nSPS) is 19.7. The van der Waals surface area contributed by atoms with Crippen LogP contribution in [0.25, 0.3) is 0 Å². The van der Waals surface area contributed by atoms with Crippen molar-refractivity contribution < 1.29 is 28.6 Å². The summed E-state index contributed by atoms with van der Waals surface area (Å²) < 4.78 is 28.0. The molecule has 1 fully saturated rings. The summed E-state index contributed by atoms with van der Waals surface area (Å²) >= 11 is 0. The number of amides is 2. The first kappa shape index (κ1) is 15.2. The SMILES string of the molecule is CC(O)c1cc(F)c(N2CCC(NC(=O)O)C2=O)c(F)c1. The summed E-state index contributed by atoms with van der Waals surface area (Å²) in [5, 5.41) is 19.9. The van der Waals surface area contributed by atoms with Gasteiger partial charge in [0.1, 0.15) is 23.4 Å². The first-order valence-electron chi connectivity index (χ1n) is 6.29. The summed E-state index contributed by atoms with van der Waals surface area (Å²) in [6, 6.07) is 0.889. The number of anilines is 1. The molecule has 0 saturated carbocycles. The number of carbonyl (C=O) groups is 2. The molecule has 0 radical (unpaired) electrons. The largest absolute Gasteiger partial charge is 0.465 e. The van der Waals surface area contributed by atoms with Crippen molar-refractivity contribution in [2.75, 3.05) is 11.4 Å². The maximum Gasteiger partial charge on any atom is 0.405 e. The third-order valence-electron chi connectivity index (χ3n) is 3.29. The standard InChI is InChI=1S/C13H14F2N2O4/c1-6(18)7-4-8(14)11(9(15)5-7)17-3-2-10(12(17)19)16-13(20)21/h4-6,10,16,18H,2-3H2,1H3,(H,20,21). The second kappa shape index (κ2) is 5.65. The van der Waals surface area contributed by atoms with Crippen molar-refractivity contribution in [3.05, 3.63) is 29.3 Å². The van der Waals surface area contributed by atoms with Crippen LogP contribution in [0, 0.1) is 11.6 Å². The minimum absolute atomic E-state index is 0.00560. The highest BCUT2D eigenvalue weighted by molar-refractivity contribution is 6.01. The zero-order valence-corrected chi connectivity index (χ0v) is 11.1. The Labute approximate surface area is 119 Å². The Balaban J connectivity index is 2.31. The predicted octanol–water partition coefficient (Wildman–Crippen LogP) is 1.39. The number of hydrogen-bond acceptors (Lipinski definition) is 3. The van der Waals surface area contributed by atoms with Gasteiger partial charge in [0, 0.05) is 6.54 Å². The number of aliphatic hydroxyl groups excluding tert-OH is 1. The number of halogens is 2. The molecule has 0 spiro atoms. The van der Waals surface area contributed by atoms with Gasteiger partial charge in [-0.15, -0.1) is 0 Å². The lowest BCUT2D eigenvalue weighted by atomic mass is 10.1. The van der Waals surface area contributed by atoms with Gasteiger partial charge in [-0.25, -0.2) is 13.6 Å². The molecule has 0 aliphatic carbocycles. The Kier molecular flexibility index (Phi) is 4.08. The van der Waals surface area contributed by atoms with E-state index in [1.807, 2.05) is 5.32 Å². The van der Waals surface area contributed by atoms with Gasteiger partial charge in [0.25, 0.3) is 0 Å². The molecule has 1 aromatic rings. The highest BCUT2D eigenvalue weighted by Gasteiger charge is 2.36. The molecule has 8 heteroatoms. The number of benzene rings is 1. The summed E-state index contributed by atoms with van der Waals surface area (Å²) in [4.78, 5) is 23.4. The summed E-state index contributed by atoms with van der Waals surface area (Å²) in [6.45, 7) is 1.37. The Bertz CT molecular complexity index is 569. The Hall–Kier alpha value is -2.22. The molecule has 0 aromatic heterocycles. The number of nitrogens with zero attached hydrogens (tertiary/aromatic N) is 1. The van der Waals surface area contributed by atoms with Crippen LogP contribution < -0.4 is 10.2 Å². The topological polar surface area (TPSA) is 89.9 Å². The number of carbonyl (C=O) groups excluding carboxylic acids is 1. The van der Waals surface area contributed by atoms with Gasteiger partial charge in [-0.2, -0.15) is 0 Å². The van der Waals surface area contributed by atoms with Gasteiger partial charge in [0.05, 0.1) is 6.10 Å². The Morgan fingerprint density at radius 1 is 1.43 bits per heavy atom. The van der Waals surface area contributed by atoms with Gasteiger partial charge in [0.2, 0.25) is 5.91 Å². The molecule has 1 heterocycles. The van der Waals surface area contributed by atoms with Gasteiger partial charge >= 0.3 is 6.09 Å². The van der Waals surface area contributed by atoms with E-state index in [9.17, 15) is 23.5 Å². The lowest BCUT2D eigenvalue weighted by Crippen LogP contribution is -2.41. The van der Waals surface area contributed by atoms with Gasteiger partial charge in [0.15, 0.2) is 0 Å². The third kappa shape index (κ3) is 2.94. The first-order chi connectivity index (χ1) is 9.81. The van der Waals surface area contributed by atoms with E-state index in [0.29, 0.717) is 0 Å². The molecule has 2 rings (SSSR count). The zero-order valence-electron chi connectivity index (χ0n) is 11.1. The molecule has 21 heavy (non-hydrogen) atoms. The van der Waals surface area contributed by atoms with Crippen LogP contribution in [0.2, 0.25) is 0 Å². The van der Waals surface area contributed by atoms with Gasteiger partial charge < -0.3 is 20.4 Å². The van der Waals surface area contributed by atoms with Crippen LogP contribution in [-0.4, -0.2) is 34.8 Å². The molecule has 0 bridgehead atoms. The van der Waals surface area contributed by atoms with Crippen LogP contribution in [0.4, 0.5) is 19.3 Å². The number of carboxylic acid groups (broad SMARTS) is 1. The van der Waals surface area contributed by atoms with Crippen molar-refractivity contribution in [2.45, 2.75) is 25.5 Å². The number of rotatable bonds is 3. The highest BCUT2D eigenvalue weighted by atomic mass is 19.1. The van der Waals surface area contributed by atoms with Gasteiger partial charge in [-0.3, -0.25) is 4.79 Å². The average molecular weight is 300 g/mol. The molecule has 2 unspecified atom stereocenters. The van der Waals surface area contributed by atoms with Crippen molar-refractivity contribution in [3.63, 3.8) is 0 Å². The van der Waals surface area contributed by atoms with E-state index in [1.165, 1.54) is 6.92 Å². The molecule has 1 aliphatic rings. The van der Waals surface area contributed by atoms with Gasteiger partial charge in [-0.1, -0.05) is 0 Å². The Morgan fingerprint density at radius 2 is 2.00 bits per heavy atom. The van der Waals surface area contributed by atoms with Crippen molar-refractivity contribution >= 4 is 17.7 Å². The average Bonchev–Trinajstić information content (AvgIpc) is 2.70. The molecular formula is C13H14F2N2O4. The second-order valence-electron chi connectivity index (χ2n) is 4.79. The number of nitrogens with one attached hydrogen (secondary N) is 1. The van der Waals surface area contributed by atoms with E-state index in [0.717, 1.165) is 17.0 Å². The van der Waals surface area contributed by atoms with E-state index < -0.39 is 41.5 Å². The zero-order chi connectivity index (χ0) is 15.7. The monoisotopic (exact) mass is 300 g/mol. The molecule has 6 nitrogen and oxygen atoms in total. The quantitative estimate of drug-likeness (QED) is 0.787. The van der Waals surface area contributed by atoms with Crippen LogP contribution in [0.5, 0.6) is 0 Å². The minimum Gasteiger partial charge on any atom is -0.465 e. The second-order valence-corrected chi connectivity index (χ2v) is 4.79. The molecule has 2 atom stereocenters. The maximum absolute atomic E-state index is 14.0. The molecule has 3 N–H and O–H groups in total. The molecule has 114 valence electrons. The third-order valence-corrected chi connectivity index (χ3v) is 3.29. The summed E-state index contributed by atoms with van der Waals surface area (Å²) in [5.41, 5.74) is -0.473. The number of aliphatic hydroxyl groups is 1. The molecule has 2 amide bonds. The highest BCUT2D eigenvalue weighted by Crippen LogP contribution is 2.30. The summed E-state index contributed by atoms with van der Waals surface area (Å²) in [7, 11) is 0. The van der Waals surface area contributed by atoms with Crippen LogP contribution in [0.15, 0.2) is 12.1 Å². The van der Waals surface area contributed by atoms with Crippen molar-refractivity contribution in [2.24, 2.45) is 0 Å². The van der Waals surface area contributed by atoms with Crippen molar-refractivity contribution in [1.29, 1.82) is 0 Å². The molecule has 1 aliphatic heterocycles. The number of hydrogen-bond donors (Lipinski definition) is 3. The van der Waals surface area contributed by atoms with Crippen LogP contribution in [0.1, 0.15) is 25.0 Å². The molecule has 1 saturated heterocycles. The van der Waals surface area contributed by atoms with Crippen molar-refractivity contribution in [3.8, 4) is 0 Å². The van der Waals surface area contributed by atoms with E-state index in [2.05, 4.69) is 0 Å². The fourth-order valence-electron chi connectivity index (χ4n) is 2.27. The van der Waals surface area contributed by atoms with E-state index in [4.69, 9.17) is 5.11 Å². The van der Waals surface area contributed by atoms with Gasteiger partial charge in [-0.05, 0) is 31.0 Å². The van der Waals surface area contributed by atoms with Crippen LogP contribution in [0.3, 0.4) is 0 Å². The lowest BCUT2D eigenvalue weighted by molar-refractivity contribution is -0.118. The van der Waals surface area contributed by atoms with E-state index in [-0.39, 0.29) is 18.5 Å². The van der Waals surface area contributed by atoms with E-state index >= 15 is 0 Å². The predicted molar refractivity (Wildman–Crippen MR) is 68.9 cm³/mol. The first-order valence-corrected chi connectivity index (χ1v) is 6.29.